The predicted octanol–water partition coefficient (Wildman–Crippen LogP) is 2.41. The molecule has 0 radical (unpaired) electrons. The SMILES string of the molecule is COCC(O)CNc1cc(Cl)ccc1Cl. The lowest BCUT2D eigenvalue weighted by Crippen LogP contribution is -2.24. The first-order chi connectivity index (χ1) is 7.13. The predicted molar refractivity (Wildman–Crippen MR) is 62.8 cm³/mol. The molecule has 0 saturated carbocycles. The largest absolute Gasteiger partial charge is 0.389 e. The van der Waals surface area contributed by atoms with Crippen LogP contribution in [0.4, 0.5) is 5.69 Å². The quantitative estimate of drug-likeness (QED) is 0.843. The second kappa shape index (κ2) is 6.18. The van der Waals surface area contributed by atoms with Crippen molar-refractivity contribution in [1.82, 2.24) is 0 Å². The lowest BCUT2D eigenvalue weighted by Gasteiger charge is -2.12. The van der Waals surface area contributed by atoms with E-state index in [0.717, 1.165) is 0 Å². The summed E-state index contributed by atoms with van der Waals surface area (Å²) in [5, 5.41) is 13.6. The molecule has 5 heteroatoms. The number of hydrogen-bond acceptors (Lipinski definition) is 3. The minimum absolute atomic E-state index is 0.283. The molecular weight excluding hydrogens is 237 g/mol. The van der Waals surface area contributed by atoms with Gasteiger partial charge in [-0.1, -0.05) is 23.2 Å². The molecule has 0 aliphatic carbocycles. The Morgan fingerprint density at radius 3 is 2.87 bits per heavy atom. The molecule has 0 aromatic heterocycles. The summed E-state index contributed by atoms with van der Waals surface area (Å²) in [5.74, 6) is 0. The van der Waals surface area contributed by atoms with Gasteiger partial charge in [-0.05, 0) is 18.2 Å². The van der Waals surface area contributed by atoms with E-state index in [2.05, 4.69) is 5.32 Å². The molecule has 0 aliphatic rings. The average molecular weight is 250 g/mol. The van der Waals surface area contributed by atoms with E-state index in [9.17, 15) is 5.11 Å². The highest BCUT2D eigenvalue weighted by molar-refractivity contribution is 6.35. The molecule has 1 unspecified atom stereocenters. The summed E-state index contributed by atoms with van der Waals surface area (Å²) >= 11 is 11.7. The number of ether oxygens (including phenoxy) is 1. The zero-order valence-electron chi connectivity index (χ0n) is 8.34. The first-order valence-corrected chi connectivity index (χ1v) is 5.25. The van der Waals surface area contributed by atoms with Crippen LogP contribution in [0.25, 0.3) is 0 Å². The van der Waals surface area contributed by atoms with Crippen LogP contribution in [0.2, 0.25) is 10.0 Å². The lowest BCUT2D eigenvalue weighted by molar-refractivity contribution is 0.0727. The molecule has 0 heterocycles. The van der Waals surface area contributed by atoms with Crippen LogP contribution in [0, 0.1) is 0 Å². The molecule has 0 spiro atoms. The topological polar surface area (TPSA) is 41.5 Å². The maximum Gasteiger partial charge on any atom is 0.0945 e. The van der Waals surface area contributed by atoms with Gasteiger partial charge in [0.15, 0.2) is 0 Å². The number of aliphatic hydroxyl groups excluding tert-OH is 1. The van der Waals surface area contributed by atoms with E-state index in [4.69, 9.17) is 27.9 Å². The summed E-state index contributed by atoms with van der Waals surface area (Å²) in [6.07, 6.45) is -0.565. The van der Waals surface area contributed by atoms with Gasteiger partial charge in [0, 0.05) is 18.7 Å². The van der Waals surface area contributed by atoms with Crippen molar-refractivity contribution >= 4 is 28.9 Å². The van der Waals surface area contributed by atoms with Gasteiger partial charge in [-0.25, -0.2) is 0 Å². The standard InChI is InChI=1S/C10H13Cl2NO2/c1-15-6-8(14)5-13-10-4-7(11)2-3-9(10)12/h2-4,8,13-14H,5-6H2,1H3. The minimum atomic E-state index is -0.565. The van der Waals surface area contributed by atoms with Crippen molar-refractivity contribution < 1.29 is 9.84 Å². The molecule has 0 aliphatic heterocycles. The lowest BCUT2D eigenvalue weighted by atomic mass is 10.3. The molecule has 1 rings (SSSR count). The third kappa shape index (κ3) is 4.26. The Morgan fingerprint density at radius 2 is 2.20 bits per heavy atom. The molecule has 2 N–H and O–H groups in total. The summed E-state index contributed by atoms with van der Waals surface area (Å²) in [6.45, 7) is 0.652. The summed E-state index contributed by atoms with van der Waals surface area (Å²) in [5.41, 5.74) is 0.708. The van der Waals surface area contributed by atoms with E-state index >= 15 is 0 Å². The summed E-state index contributed by atoms with van der Waals surface area (Å²) in [6, 6.07) is 5.12. The van der Waals surface area contributed by atoms with Crippen molar-refractivity contribution in [2.75, 3.05) is 25.6 Å². The van der Waals surface area contributed by atoms with E-state index in [0.29, 0.717) is 22.3 Å². The van der Waals surface area contributed by atoms with Gasteiger partial charge in [-0.3, -0.25) is 0 Å². The second-order valence-corrected chi connectivity index (χ2v) is 3.96. The Bertz CT molecular complexity index is 320. The molecule has 0 fully saturated rings. The molecule has 1 aromatic carbocycles. The monoisotopic (exact) mass is 249 g/mol. The third-order valence-corrected chi connectivity index (χ3v) is 2.38. The molecule has 84 valence electrons. The Labute approximate surface area is 99.0 Å². The van der Waals surface area contributed by atoms with Crippen molar-refractivity contribution in [3.05, 3.63) is 28.2 Å². The molecule has 15 heavy (non-hydrogen) atoms. The van der Waals surface area contributed by atoms with Crippen molar-refractivity contribution in [2.45, 2.75) is 6.10 Å². The maximum absolute atomic E-state index is 9.41. The molecule has 0 saturated heterocycles. The van der Waals surface area contributed by atoms with Crippen LogP contribution < -0.4 is 5.32 Å². The fourth-order valence-electron chi connectivity index (χ4n) is 1.11. The number of benzene rings is 1. The summed E-state index contributed by atoms with van der Waals surface area (Å²) in [7, 11) is 1.54. The molecule has 1 aromatic rings. The van der Waals surface area contributed by atoms with Crippen LogP contribution in [0.3, 0.4) is 0 Å². The highest BCUT2D eigenvalue weighted by atomic mass is 35.5. The van der Waals surface area contributed by atoms with Gasteiger partial charge in [-0.15, -0.1) is 0 Å². The van der Waals surface area contributed by atoms with E-state index in [-0.39, 0.29) is 6.61 Å². The summed E-state index contributed by atoms with van der Waals surface area (Å²) < 4.78 is 4.80. The van der Waals surface area contributed by atoms with Crippen molar-refractivity contribution in [2.24, 2.45) is 0 Å². The maximum atomic E-state index is 9.41. The van der Waals surface area contributed by atoms with Gasteiger partial charge in [0.05, 0.1) is 23.4 Å². The molecule has 0 bridgehead atoms. The van der Waals surface area contributed by atoms with E-state index < -0.39 is 6.10 Å². The minimum Gasteiger partial charge on any atom is -0.389 e. The first-order valence-electron chi connectivity index (χ1n) is 4.49. The van der Waals surface area contributed by atoms with E-state index in [1.54, 1.807) is 18.2 Å². The van der Waals surface area contributed by atoms with Crippen LogP contribution >= 0.6 is 23.2 Å². The van der Waals surface area contributed by atoms with Crippen LogP contribution in [0.5, 0.6) is 0 Å². The number of hydrogen-bond donors (Lipinski definition) is 2. The molecular formula is C10H13Cl2NO2. The van der Waals surface area contributed by atoms with Crippen LogP contribution in [0.1, 0.15) is 0 Å². The fraction of sp³-hybridized carbons (Fsp3) is 0.400. The van der Waals surface area contributed by atoms with Crippen molar-refractivity contribution in [3.63, 3.8) is 0 Å². The second-order valence-electron chi connectivity index (χ2n) is 3.11. The van der Waals surface area contributed by atoms with Crippen molar-refractivity contribution in [1.29, 1.82) is 0 Å². The third-order valence-electron chi connectivity index (χ3n) is 1.82. The fourth-order valence-corrected chi connectivity index (χ4v) is 1.47. The molecule has 0 amide bonds. The Morgan fingerprint density at radius 1 is 1.47 bits per heavy atom. The number of anilines is 1. The van der Waals surface area contributed by atoms with Crippen LogP contribution in [0.15, 0.2) is 18.2 Å². The smallest absolute Gasteiger partial charge is 0.0945 e. The highest BCUT2D eigenvalue weighted by Crippen LogP contribution is 2.25. The van der Waals surface area contributed by atoms with Gasteiger partial charge in [0.1, 0.15) is 0 Å². The molecule has 3 nitrogen and oxygen atoms in total. The number of rotatable bonds is 5. The zero-order valence-corrected chi connectivity index (χ0v) is 9.85. The summed E-state index contributed by atoms with van der Waals surface area (Å²) in [4.78, 5) is 0. The van der Waals surface area contributed by atoms with Crippen molar-refractivity contribution in [3.8, 4) is 0 Å². The number of methoxy groups -OCH3 is 1. The molecule has 1 atom stereocenters. The normalized spacial score (nSPS) is 12.5. The highest BCUT2D eigenvalue weighted by Gasteiger charge is 2.05. The van der Waals surface area contributed by atoms with Gasteiger partial charge in [-0.2, -0.15) is 0 Å². The average Bonchev–Trinajstić information content (AvgIpc) is 2.20. The van der Waals surface area contributed by atoms with Crippen LogP contribution in [-0.2, 0) is 4.74 Å². The number of halogens is 2. The first kappa shape index (κ1) is 12.6. The van der Waals surface area contributed by atoms with Crippen LogP contribution in [-0.4, -0.2) is 31.5 Å². The van der Waals surface area contributed by atoms with Gasteiger partial charge < -0.3 is 15.2 Å². The number of nitrogens with one attached hydrogen (secondary N) is 1. The Balaban J connectivity index is 2.53. The van der Waals surface area contributed by atoms with Gasteiger partial charge in [0.25, 0.3) is 0 Å². The van der Waals surface area contributed by atoms with E-state index in [1.165, 1.54) is 7.11 Å². The Hall–Kier alpha value is -0.480. The zero-order chi connectivity index (χ0) is 11.3. The van der Waals surface area contributed by atoms with Gasteiger partial charge in [0.2, 0.25) is 0 Å². The Kier molecular flexibility index (Phi) is 5.19. The number of aliphatic hydroxyl groups is 1. The van der Waals surface area contributed by atoms with Gasteiger partial charge >= 0.3 is 0 Å². The van der Waals surface area contributed by atoms with E-state index in [1.807, 2.05) is 0 Å².